The van der Waals surface area contributed by atoms with Crippen molar-refractivity contribution in [1.82, 2.24) is 9.55 Å². The fourth-order valence-corrected chi connectivity index (χ4v) is 2.13. The van der Waals surface area contributed by atoms with Crippen molar-refractivity contribution in [2.75, 3.05) is 11.9 Å². The summed E-state index contributed by atoms with van der Waals surface area (Å²) in [6.07, 6.45) is -1.88. The molecule has 21 heavy (non-hydrogen) atoms. The molecule has 4 atom stereocenters. The third-order valence-electron chi connectivity index (χ3n) is 3.11. The van der Waals surface area contributed by atoms with E-state index in [1.165, 1.54) is 19.2 Å². The van der Waals surface area contributed by atoms with E-state index in [1.807, 2.05) is 6.07 Å². The van der Waals surface area contributed by atoms with Gasteiger partial charge >= 0.3 is 5.69 Å². The van der Waals surface area contributed by atoms with Crippen LogP contribution in [0.25, 0.3) is 0 Å². The molecule has 0 unspecified atom stereocenters. The van der Waals surface area contributed by atoms with Crippen LogP contribution in [0.1, 0.15) is 13.2 Å². The van der Waals surface area contributed by atoms with E-state index >= 15 is 0 Å². The molecule has 1 aliphatic heterocycles. The van der Waals surface area contributed by atoms with E-state index in [9.17, 15) is 14.7 Å². The standard InChI is InChI=1S/C12H14N4O5/c1-6(18)14-9-2-3-16(12(20)15-9)11-7(4-13)10(19)8(5-17)21-11/h2-3,7-8,10-11,17,19H,5H2,1H3,(H,14,15,18,20)/t7-,8+,10-,11+/m0/s1. The van der Waals surface area contributed by atoms with E-state index in [2.05, 4.69) is 10.3 Å². The van der Waals surface area contributed by atoms with Gasteiger partial charge in [0, 0.05) is 13.1 Å². The summed E-state index contributed by atoms with van der Waals surface area (Å²) in [5.41, 5.74) is -0.739. The number of nitrogens with zero attached hydrogens (tertiary/aromatic N) is 3. The fourth-order valence-electron chi connectivity index (χ4n) is 2.13. The molecule has 0 aliphatic carbocycles. The molecule has 1 aromatic rings. The zero-order chi connectivity index (χ0) is 15.6. The predicted molar refractivity (Wildman–Crippen MR) is 68.9 cm³/mol. The van der Waals surface area contributed by atoms with Crippen LogP contribution in [0.2, 0.25) is 0 Å². The van der Waals surface area contributed by atoms with Crippen molar-refractivity contribution in [1.29, 1.82) is 5.26 Å². The molecule has 1 aromatic heterocycles. The Kier molecular flexibility index (Phi) is 4.32. The Morgan fingerprint density at radius 2 is 2.38 bits per heavy atom. The highest BCUT2D eigenvalue weighted by molar-refractivity contribution is 5.87. The number of carbonyl (C=O) groups excluding carboxylic acids is 1. The number of ether oxygens (including phenoxy) is 1. The maximum absolute atomic E-state index is 11.9. The second kappa shape index (κ2) is 6.01. The minimum absolute atomic E-state index is 0.0783. The molecule has 9 nitrogen and oxygen atoms in total. The van der Waals surface area contributed by atoms with Crippen molar-refractivity contribution in [2.24, 2.45) is 5.92 Å². The van der Waals surface area contributed by atoms with Crippen LogP contribution < -0.4 is 11.0 Å². The van der Waals surface area contributed by atoms with Crippen LogP contribution in [-0.4, -0.2) is 44.5 Å². The summed E-state index contributed by atoms with van der Waals surface area (Å²) < 4.78 is 6.37. The highest BCUT2D eigenvalue weighted by Crippen LogP contribution is 2.33. The van der Waals surface area contributed by atoms with Gasteiger partial charge in [-0.05, 0) is 6.07 Å². The summed E-state index contributed by atoms with van der Waals surface area (Å²) >= 11 is 0. The molecule has 3 N–H and O–H groups in total. The van der Waals surface area contributed by atoms with Gasteiger partial charge < -0.3 is 20.3 Å². The Bertz CT molecular complexity index is 637. The maximum atomic E-state index is 11.9. The number of rotatable bonds is 3. The largest absolute Gasteiger partial charge is 0.394 e. The average molecular weight is 294 g/mol. The Hall–Kier alpha value is -2.28. The molecule has 9 heteroatoms. The van der Waals surface area contributed by atoms with Gasteiger partial charge in [0.25, 0.3) is 0 Å². The van der Waals surface area contributed by atoms with Crippen LogP contribution in [0.5, 0.6) is 0 Å². The molecule has 1 amide bonds. The number of nitriles is 1. The molecule has 0 saturated carbocycles. The molecular formula is C12H14N4O5. The number of anilines is 1. The summed E-state index contributed by atoms with van der Waals surface area (Å²) in [6, 6.07) is 3.23. The van der Waals surface area contributed by atoms with Crippen LogP contribution in [0.4, 0.5) is 5.82 Å². The first-order chi connectivity index (χ1) is 9.97. The van der Waals surface area contributed by atoms with E-state index in [1.54, 1.807) is 0 Å². The van der Waals surface area contributed by atoms with Crippen molar-refractivity contribution in [3.8, 4) is 6.07 Å². The highest BCUT2D eigenvalue weighted by atomic mass is 16.5. The first-order valence-electron chi connectivity index (χ1n) is 6.18. The number of hydrogen-bond donors (Lipinski definition) is 3. The van der Waals surface area contributed by atoms with Crippen molar-refractivity contribution in [3.05, 3.63) is 22.7 Å². The second-order valence-corrected chi connectivity index (χ2v) is 4.58. The fraction of sp³-hybridized carbons (Fsp3) is 0.500. The monoisotopic (exact) mass is 294 g/mol. The highest BCUT2D eigenvalue weighted by Gasteiger charge is 2.45. The summed E-state index contributed by atoms with van der Waals surface area (Å²) in [5, 5.41) is 30.4. The molecule has 0 spiro atoms. The molecule has 2 rings (SSSR count). The first-order valence-corrected chi connectivity index (χ1v) is 6.18. The molecule has 2 heterocycles. The van der Waals surface area contributed by atoms with E-state index in [-0.39, 0.29) is 11.7 Å². The minimum atomic E-state index is -1.20. The number of nitrogens with one attached hydrogen (secondary N) is 1. The average Bonchev–Trinajstić information content (AvgIpc) is 2.74. The van der Waals surface area contributed by atoms with Gasteiger partial charge in [-0.3, -0.25) is 9.36 Å². The van der Waals surface area contributed by atoms with Crippen molar-refractivity contribution < 1.29 is 19.7 Å². The predicted octanol–water partition coefficient (Wildman–Crippen LogP) is -1.41. The Morgan fingerprint density at radius 1 is 1.67 bits per heavy atom. The van der Waals surface area contributed by atoms with Gasteiger partial charge in [0.05, 0.1) is 12.7 Å². The molecule has 0 aromatic carbocycles. The van der Waals surface area contributed by atoms with E-state index in [0.29, 0.717) is 0 Å². The molecular weight excluding hydrogens is 280 g/mol. The van der Waals surface area contributed by atoms with E-state index in [4.69, 9.17) is 15.1 Å². The van der Waals surface area contributed by atoms with Gasteiger partial charge in [-0.25, -0.2) is 4.79 Å². The lowest BCUT2D eigenvalue weighted by molar-refractivity contribution is -0.114. The zero-order valence-corrected chi connectivity index (χ0v) is 11.1. The van der Waals surface area contributed by atoms with Crippen LogP contribution in [0.15, 0.2) is 17.1 Å². The number of aliphatic hydroxyl groups excluding tert-OH is 2. The molecule has 1 aliphatic rings. The van der Waals surface area contributed by atoms with Gasteiger partial charge in [0.15, 0.2) is 6.23 Å². The molecule has 0 radical (unpaired) electrons. The third kappa shape index (κ3) is 2.92. The Morgan fingerprint density at radius 3 is 2.90 bits per heavy atom. The quantitative estimate of drug-likeness (QED) is 0.622. The summed E-state index contributed by atoms with van der Waals surface area (Å²) in [6.45, 7) is 0.809. The topological polar surface area (TPSA) is 137 Å². The van der Waals surface area contributed by atoms with E-state index in [0.717, 1.165) is 4.57 Å². The molecule has 112 valence electrons. The Labute approximate surface area is 119 Å². The first kappa shape index (κ1) is 15.1. The van der Waals surface area contributed by atoms with Crippen LogP contribution >= 0.6 is 0 Å². The van der Waals surface area contributed by atoms with Gasteiger partial charge in [-0.1, -0.05) is 0 Å². The van der Waals surface area contributed by atoms with Crippen molar-refractivity contribution >= 4 is 11.7 Å². The molecule has 1 fully saturated rings. The van der Waals surface area contributed by atoms with E-state index < -0.39 is 36.7 Å². The smallest absolute Gasteiger partial charge is 0.351 e. The van der Waals surface area contributed by atoms with Crippen LogP contribution in [-0.2, 0) is 9.53 Å². The lowest BCUT2D eigenvalue weighted by atomic mass is 10.0. The summed E-state index contributed by atoms with van der Waals surface area (Å²) in [4.78, 5) is 26.5. The number of aliphatic hydroxyl groups is 2. The summed E-state index contributed by atoms with van der Waals surface area (Å²) in [5.74, 6) is -1.30. The maximum Gasteiger partial charge on any atom is 0.351 e. The zero-order valence-electron chi connectivity index (χ0n) is 11.1. The Balaban J connectivity index is 2.32. The number of aromatic nitrogens is 2. The second-order valence-electron chi connectivity index (χ2n) is 4.58. The van der Waals surface area contributed by atoms with Gasteiger partial charge in [-0.2, -0.15) is 10.2 Å². The van der Waals surface area contributed by atoms with Gasteiger partial charge in [0.1, 0.15) is 23.9 Å². The number of carbonyl (C=O) groups is 1. The lowest BCUT2D eigenvalue weighted by Crippen LogP contribution is -2.31. The normalized spacial score (nSPS) is 28.1. The van der Waals surface area contributed by atoms with Gasteiger partial charge in [0.2, 0.25) is 5.91 Å². The SMILES string of the molecule is CC(=O)Nc1ccn([C@@H]2O[C@H](CO)[C@@H](O)[C@@H]2C#N)c(=O)n1. The number of amides is 1. The molecule has 0 bridgehead atoms. The number of hydrogen-bond acceptors (Lipinski definition) is 7. The van der Waals surface area contributed by atoms with Crippen molar-refractivity contribution in [2.45, 2.75) is 25.4 Å². The lowest BCUT2D eigenvalue weighted by Gasteiger charge is -2.16. The van der Waals surface area contributed by atoms with Crippen LogP contribution in [0.3, 0.4) is 0 Å². The molecule has 1 saturated heterocycles. The minimum Gasteiger partial charge on any atom is -0.394 e. The summed E-state index contributed by atoms with van der Waals surface area (Å²) in [7, 11) is 0. The van der Waals surface area contributed by atoms with Gasteiger partial charge in [-0.15, -0.1) is 0 Å². The third-order valence-corrected chi connectivity index (χ3v) is 3.11. The van der Waals surface area contributed by atoms with Crippen LogP contribution in [0, 0.1) is 17.2 Å². The van der Waals surface area contributed by atoms with Crippen molar-refractivity contribution in [3.63, 3.8) is 0 Å².